The van der Waals surface area contributed by atoms with Crippen LogP contribution in [0.2, 0.25) is 0 Å². The molecule has 0 saturated heterocycles. The van der Waals surface area contributed by atoms with Gasteiger partial charge in [0.2, 0.25) is 0 Å². The van der Waals surface area contributed by atoms with E-state index in [0.29, 0.717) is 11.6 Å². The van der Waals surface area contributed by atoms with Crippen molar-refractivity contribution in [1.82, 2.24) is 29.5 Å². The molecule has 0 aromatic carbocycles. The highest BCUT2D eigenvalue weighted by atomic mass is 16.5. The number of aromatic nitrogens is 6. The first-order valence-corrected chi connectivity index (χ1v) is 6.13. The van der Waals surface area contributed by atoms with Gasteiger partial charge in [0.25, 0.3) is 0 Å². The molecule has 0 bridgehead atoms. The standard InChI is InChI=1S/C12H12N6O2/c1-2-17-8-14-10(15-17)7-18-11(16-20-12(18)19)9-3-5-13-6-4-9/h3-6,8H,2,7H2,1H3. The lowest BCUT2D eigenvalue weighted by Crippen LogP contribution is -2.17. The highest BCUT2D eigenvalue weighted by molar-refractivity contribution is 5.53. The van der Waals surface area contributed by atoms with E-state index in [2.05, 4.69) is 20.2 Å². The fraction of sp³-hybridized carbons (Fsp3) is 0.250. The monoisotopic (exact) mass is 272 g/mol. The van der Waals surface area contributed by atoms with Gasteiger partial charge < -0.3 is 0 Å². The number of aryl methyl sites for hydroxylation is 1. The molecule has 0 fully saturated rings. The molecule has 102 valence electrons. The Morgan fingerprint density at radius 3 is 2.80 bits per heavy atom. The number of hydrogen-bond donors (Lipinski definition) is 0. The van der Waals surface area contributed by atoms with Gasteiger partial charge in [0, 0.05) is 24.5 Å². The number of pyridine rings is 1. The number of rotatable bonds is 4. The molecule has 3 rings (SSSR count). The smallest absolute Gasteiger partial charge is 0.295 e. The van der Waals surface area contributed by atoms with Crippen molar-refractivity contribution < 1.29 is 4.52 Å². The maximum Gasteiger partial charge on any atom is 0.442 e. The number of nitrogens with zero attached hydrogens (tertiary/aromatic N) is 6. The van der Waals surface area contributed by atoms with Crippen molar-refractivity contribution in [3.05, 3.63) is 47.2 Å². The third-order valence-electron chi connectivity index (χ3n) is 2.83. The van der Waals surface area contributed by atoms with Crippen LogP contribution >= 0.6 is 0 Å². The average Bonchev–Trinajstić information content (AvgIpc) is 3.08. The summed E-state index contributed by atoms with van der Waals surface area (Å²) in [5.41, 5.74) is 0.751. The summed E-state index contributed by atoms with van der Waals surface area (Å²) in [5.74, 6) is 0.433. The molecule has 3 aromatic rings. The first-order valence-electron chi connectivity index (χ1n) is 6.13. The molecule has 0 saturated carbocycles. The summed E-state index contributed by atoms with van der Waals surface area (Å²) in [4.78, 5) is 19.8. The van der Waals surface area contributed by atoms with Gasteiger partial charge in [0.05, 0.1) is 6.54 Å². The van der Waals surface area contributed by atoms with Gasteiger partial charge in [-0.2, -0.15) is 5.10 Å². The van der Waals surface area contributed by atoms with Gasteiger partial charge >= 0.3 is 5.76 Å². The minimum absolute atomic E-state index is 0.215. The van der Waals surface area contributed by atoms with Gasteiger partial charge in [-0.25, -0.2) is 14.3 Å². The lowest BCUT2D eigenvalue weighted by Gasteiger charge is -2.01. The summed E-state index contributed by atoms with van der Waals surface area (Å²) in [5, 5.41) is 8.04. The summed E-state index contributed by atoms with van der Waals surface area (Å²) in [6.45, 7) is 2.90. The van der Waals surface area contributed by atoms with E-state index in [4.69, 9.17) is 4.52 Å². The lowest BCUT2D eigenvalue weighted by atomic mass is 10.2. The first kappa shape index (κ1) is 12.3. The Hall–Kier alpha value is -2.77. The highest BCUT2D eigenvalue weighted by Crippen LogP contribution is 2.14. The zero-order valence-corrected chi connectivity index (χ0v) is 10.8. The van der Waals surface area contributed by atoms with Gasteiger partial charge in [-0.1, -0.05) is 5.16 Å². The van der Waals surface area contributed by atoms with Gasteiger partial charge in [-0.15, -0.1) is 0 Å². The quantitative estimate of drug-likeness (QED) is 0.689. The molecule has 8 nitrogen and oxygen atoms in total. The summed E-state index contributed by atoms with van der Waals surface area (Å²) >= 11 is 0. The second-order valence-electron chi connectivity index (χ2n) is 4.11. The predicted molar refractivity (Wildman–Crippen MR) is 68.8 cm³/mol. The molecule has 0 atom stereocenters. The van der Waals surface area contributed by atoms with Crippen LogP contribution in [0, 0.1) is 0 Å². The van der Waals surface area contributed by atoms with E-state index in [1.54, 1.807) is 35.5 Å². The Morgan fingerprint density at radius 2 is 2.10 bits per heavy atom. The fourth-order valence-electron chi connectivity index (χ4n) is 1.82. The van der Waals surface area contributed by atoms with E-state index in [0.717, 1.165) is 12.1 Å². The molecule has 8 heteroatoms. The molecular formula is C12H12N6O2. The Bertz CT molecular complexity index is 758. The molecule has 0 N–H and O–H groups in total. The van der Waals surface area contributed by atoms with Crippen molar-refractivity contribution in [3.63, 3.8) is 0 Å². The fourth-order valence-corrected chi connectivity index (χ4v) is 1.82. The molecule has 3 heterocycles. The van der Waals surface area contributed by atoms with Crippen LogP contribution in [0.15, 0.2) is 40.2 Å². The van der Waals surface area contributed by atoms with E-state index in [1.807, 2.05) is 6.92 Å². The maximum absolute atomic E-state index is 11.7. The molecule has 3 aromatic heterocycles. The summed E-state index contributed by atoms with van der Waals surface area (Å²) in [7, 11) is 0. The van der Waals surface area contributed by atoms with Gasteiger partial charge in [-0.05, 0) is 19.1 Å². The molecule has 0 spiro atoms. The van der Waals surface area contributed by atoms with E-state index in [1.165, 1.54) is 4.57 Å². The van der Waals surface area contributed by atoms with Crippen LogP contribution in [0.5, 0.6) is 0 Å². The van der Waals surface area contributed by atoms with Crippen LogP contribution in [0.3, 0.4) is 0 Å². The summed E-state index contributed by atoms with van der Waals surface area (Å²) in [6.07, 6.45) is 4.88. The van der Waals surface area contributed by atoms with Gasteiger partial charge in [0.15, 0.2) is 11.6 Å². The molecule has 0 amide bonds. The highest BCUT2D eigenvalue weighted by Gasteiger charge is 2.14. The normalized spacial score (nSPS) is 10.8. The predicted octanol–water partition coefficient (Wildman–Crippen LogP) is 0.558. The van der Waals surface area contributed by atoms with Crippen LogP contribution < -0.4 is 5.76 Å². The van der Waals surface area contributed by atoms with Crippen LogP contribution in [-0.4, -0.2) is 29.5 Å². The van der Waals surface area contributed by atoms with Crippen LogP contribution in [-0.2, 0) is 13.1 Å². The van der Waals surface area contributed by atoms with Gasteiger partial charge in [-0.3, -0.25) is 14.2 Å². The van der Waals surface area contributed by atoms with Crippen molar-refractivity contribution in [1.29, 1.82) is 0 Å². The minimum atomic E-state index is -0.537. The van der Waals surface area contributed by atoms with E-state index < -0.39 is 5.76 Å². The van der Waals surface area contributed by atoms with E-state index in [-0.39, 0.29) is 6.54 Å². The third kappa shape index (κ3) is 2.22. The molecule has 0 unspecified atom stereocenters. The van der Waals surface area contributed by atoms with Crippen LogP contribution in [0.25, 0.3) is 11.4 Å². The van der Waals surface area contributed by atoms with Gasteiger partial charge in [0.1, 0.15) is 6.33 Å². The number of hydrogen-bond acceptors (Lipinski definition) is 6. The first-order chi connectivity index (χ1) is 9.78. The third-order valence-corrected chi connectivity index (χ3v) is 2.83. The Kier molecular flexibility index (Phi) is 3.12. The van der Waals surface area contributed by atoms with Crippen LogP contribution in [0.4, 0.5) is 0 Å². The van der Waals surface area contributed by atoms with E-state index >= 15 is 0 Å². The maximum atomic E-state index is 11.7. The Labute approximate surface area is 113 Å². The minimum Gasteiger partial charge on any atom is -0.295 e. The van der Waals surface area contributed by atoms with Crippen molar-refractivity contribution in [2.24, 2.45) is 0 Å². The largest absolute Gasteiger partial charge is 0.442 e. The molecule has 0 aliphatic carbocycles. The molecule has 0 aliphatic rings. The molecule has 20 heavy (non-hydrogen) atoms. The second-order valence-corrected chi connectivity index (χ2v) is 4.11. The Balaban J connectivity index is 1.97. The molecule has 0 radical (unpaired) electrons. The molecule has 0 aliphatic heterocycles. The van der Waals surface area contributed by atoms with Crippen LogP contribution in [0.1, 0.15) is 12.7 Å². The lowest BCUT2D eigenvalue weighted by molar-refractivity contribution is 0.377. The zero-order chi connectivity index (χ0) is 13.9. The van der Waals surface area contributed by atoms with E-state index in [9.17, 15) is 4.79 Å². The average molecular weight is 272 g/mol. The van der Waals surface area contributed by atoms with Crippen molar-refractivity contribution >= 4 is 0 Å². The van der Waals surface area contributed by atoms with Crippen molar-refractivity contribution in [3.8, 4) is 11.4 Å². The summed E-state index contributed by atoms with van der Waals surface area (Å²) in [6, 6.07) is 3.51. The SMILES string of the molecule is CCn1cnc(Cn2c(-c3ccncc3)noc2=O)n1. The topological polar surface area (TPSA) is 91.6 Å². The zero-order valence-electron chi connectivity index (χ0n) is 10.8. The summed E-state index contributed by atoms with van der Waals surface area (Å²) < 4.78 is 7.82. The van der Waals surface area contributed by atoms with Crippen molar-refractivity contribution in [2.75, 3.05) is 0 Å². The Morgan fingerprint density at radius 1 is 1.30 bits per heavy atom. The second kappa shape index (κ2) is 5.08. The molecular weight excluding hydrogens is 260 g/mol. The van der Waals surface area contributed by atoms with Crippen molar-refractivity contribution in [2.45, 2.75) is 20.0 Å².